The second-order valence-corrected chi connectivity index (χ2v) is 15.7. The minimum atomic E-state index is -0.921. The molecule has 2 rings (SSSR count). The summed E-state index contributed by atoms with van der Waals surface area (Å²) in [5, 5.41) is 52.7. The van der Waals surface area contributed by atoms with Gasteiger partial charge in [0.2, 0.25) is 4.91 Å². The summed E-state index contributed by atoms with van der Waals surface area (Å²) in [5.41, 5.74) is 8.60. The van der Waals surface area contributed by atoms with Gasteiger partial charge < -0.3 is 40.5 Å². The van der Waals surface area contributed by atoms with Crippen molar-refractivity contribution in [3.8, 4) is 0 Å². The number of alkyl carbamates (subject to hydrolysis) is 1. The maximum Gasteiger partial charge on any atom is 0.407 e. The second kappa shape index (κ2) is 24.3. The summed E-state index contributed by atoms with van der Waals surface area (Å²) in [7, 11) is 0. The van der Waals surface area contributed by atoms with E-state index in [9.17, 15) is 34.8 Å². The average Bonchev–Trinajstić information content (AvgIpc) is 3.18. The number of amides is 2. The lowest BCUT2D eigenvalue weighted by Gasteiger charge is -2.36. The molecule has 0 aliphatic carbocycles. The van der Waals surface area contributed by atoms with Crippen molar-refractivity contribution < 1.29 is 44.3 Å². The summed E-state index contributed by atoms with van der Waals surface area (Å²) in [6.07, 6.45) is 6.44. The number of cyclic esters (lactones) is 1. The predicted molar refractivity (Wildman–Crippen MR) is 218 cm³/mol. The quantitative estimate of drug-likeness (QED) is 0.0184. The number of aliphatic hydroxyl groups excluding tert-OH is 4. The molecule has 57 heavy (non-hydrogen) atoms. The van der Waals surface area contributed by atoms with Gasteiger partial charge in [-0.25, -0.2) is 4.79 Å². The van der Waals surface area contributed by atoms with Gasteiger partial charge in [-0.15, -0.1) is 0 Å². The van der Waals surface area contributed by atoms with Crippen molar-refractivity contribution in [2.24, 2.45) is 46.5 Å². The lowest BCUT2D eigenvalue weighted by molar-refractivity contribution is -0.179. The third kappa shape index (κ3) is 15.8. The van der Waals surface area contributed by atoms with Crippen LogP contribution >= 0.6 is 0 Å². The number of hydrogen-bond donors (Lipinski definition) is 7. The van der Waals surface area contributed by atoms with E-state index in [2.05, 4.69) is 27.2 Å². The normalized spacial score (nSPS) is 23.5. The summed E-state index contributed by atoms with van der Waals surface area (Å²) in [4.78, 5) is 40.4. The number of hydrogen-bond acceptors (Lipinski definition) is 11. The molecule has 14 nitrogen and oxygen atoms in total. The molecular formula is C43H66N5O9+. The summed E-state index contributed by atoms with van der Waals surface area (Å²) < 4.78 is 11.3. The molecule has 2 amide bonds. The molecule has 1 fully saturated rings. The number of nitrogens with one attached hydrogen (secondary N) is 3. The molecule has 1 saturated heterocycles. The van der Waals surface area contributed by atoms with Gasteiger partial charge >= 0.3 is 12.1 Å². The number of allylic oxidation sites excluding steroid dienone is 3. The van der Waals surface area contributed by atoms with Crippen LogP contribution in [0.3, 0.4) is 0 Å². The third-order valence-electron chi connectivity index (χ3n) is 10.8. The van der Waals surface area contributed by atoms with Gasteiger partial charge in [-0.05, 0) is 50.8 Å². The van der Waals surface area contributed by atoms with Crippen LogP contribution in [0.5, 0.6) is 0 Å². The number of aliphatic hydroxyl groups is 4. The van der Waals surface area contributed by atoms with Crippen molar-refractivity contribution in [1.29, 1.82) is 5.53 Å². The first-order valence-electron chi connectivity index (χ1n) is 19.9. The van der Waals surface area contributed by atoms with Gasteiger partial charge in [0.05, 0.1) is 30.3 Å². The molecule has 1 aliphatic heterocycles. The molecule has 1 aromatic rings. The Hall–Kier alpha value is -4.46. The van der Waals surface area contributed by atoms with E-state index in [0.29, 0.717) is 30.6 Å². The largest absolute Gasteiger partial charge is 0.462 e. The maximum absolute atomic E-state index is 12.9. The number of esters is 1. The molecule has 0 unspecified atom stereocenters. The van der Waals surface area contributed by atoms with Gasteiger partial charge in [-0.3, -0.25) is 9.59 Å². The molecule has 0 aromatic heterocycles. The van der Waals surface area contributed by atoms with Crippen LogP contribution in [0.2, 0.25) is 0 Å². The molecule has 0 bridgehead atoms. The number of benzene rings is 1. The molecule has 1 heterocycles. The van der Waals surface area contributed by atoms with E-state index < -0.39 is 60.5 Å². The van der Waals surface area contributed by atoms with Crippen molar-refractivity contribution in [2.75, 3.05) is 13.1 Å². The summed E-state index contributed by atoms with van der Waals surface area (Å²) in [6.45, 7) is 19.1. The van der Waals surface area contributed by atoms with E-state index >= 15 is 0 Å². The highest BCUT2D eigenvalue weighted by Gasteiger charge is 2.41. The lowest BCUT2D eigenvalue weighted by atomic mass is 9.81. The van der Waals surface area contributed by atoms with Crippen LogP contribution in [0.4, 0.5) is 10.5 Å². The SMILES string of the molecule is C=C/C=C\[C@H](C)[C@H](OC(=O)NCCCNC(=O)c1cccc(N=[N+]=N)c1)[C@@H](C)[C@H](O)[C@@H](C)C/C(C)=C\[C@H](C)[C@@H](O)[C@@H](C)/C=C\[C@@H](O)C[C@@H]1OC(=O)[C@H](C)[C@@H](O)[C@H]1C. The minimum absolute atomic E-state index is 0.144. The molecular weight excluding hydrogens is 730 g/mol. The standard InChI is InChI=1S/C43H65N5O9/c1-10-11-14-27(4)40(57-43(55)46-20-13-19-45-41(53)33-15-12-16-34(23-33)47-48-44)31(8)38(51)29(6)22-25(2)21-28(5)37(50)26(3)17-18-35(49)24-36-30(7)39(52)32(9)42(54)56-36/h10-12,14-18,21,23,26-32,35-40,44,49-52H,1,13,19-20,22,24H2,2-9H3,(H-,45,46,53,55)/p+1/b14-11-,18-17-,25-21-/t26-,27-,28-,29-,30-,31-,32+,35+,36-,37-,38+,39-,40-/m0/s1. The molecule has 7 N–H and O–H groups in total. The van der Waals surface area contributed by atoms with Crippen molar-refractivity contribution in [3.63, 3.8) is 0 Å². The minimum Gasteiger partial charge on any atom is -0.462 e. The third-order valence-corrected chi connectivity index (χ3v) is 10.8. The van der Waals surface area contributed by atoms with Gasteiger partial charge in [-0.1, -0.05) is 96.2 Å². The highest BCUT2D eigenvalue weighted by molar-refractivity contribution is 5.94. The summed E-state index contributed by atoms with van der Waals surface area (Å²) in [6, 6.07) is 6.43. The second-order valence-electron chi connectivity index (χ2n) is 15.7. The summed E-state index contributed by atoms with van der Waals surface area (Å²) in [5.74, 6) is -3.16. The fourth-order valence-corrected chi connectivity index (χ4v) is 7.18. The smallest absolute Gasteiger partial charge is 0.407 e. The molecule has 13 atom stereocenters. The molecule has 0 radical (unpaired) electrons. The Morgan fingerprint density at radius 1 is 1.02 bits per heavy atom. The first-order valence-corrected chi connectivity index (χ1v) is 19.9. The Morgan fingerprint density at radius 3 is 2.37 bits per heavy atom. The van der Waals surface area contributed by atoms with Crippen LogP contribution < -0.4 is 15.5 Å². The maximum atomic E-state index is 12.9. The molecule has 316 valence electrons. The fourth-order valence-electron chi connectivity index (χ4n) is 7.18. The zero-order valence-electron chi connectivity index (χ0n) is 34.7. The summed E-state index contributed by atoms with van der Waals surface area (Å²) >= 11 is 0. The first kappa shape index (κ1) is 48.7. The first-order chi connectivity index (χ1) is 26.9. The molecule has 14 heteroatoms. The van der Waals surface area contributed by atoms with Crippen molar-refractivity contribution in [3.05, 3.63) is 78.4 Å². The topological polar surface area (TPSA) is 225 Å². The van der Waals surface area contributed by atoms with E-state index in [1.165, 1.54) is 6.07 Å². The zero-order chi connectivity index (χ0) is 42.8. The number of nitrogens with zero attached hydrogens (tertiary/aromatic N) is 2. The van der Waals surface area contributed by atoms with Crippen molar-refractivity contribution in [2.45, 2.75) is 111 Å². The van der Waals surface area contributed by atoms with E-state index in [1.807, 2.05) is 53.7 Å². The van der Waals surface area contributed by atoms with E-state index in [1.54, 1.807) is 56.4 Å². The Kier molecular flexibility index (Phi) is 20.8. The van der Waals surface area contributed by atoms with Crippen molar-refractivity contribution in [1.82, 2.24) is 15.5 Å². The number of ether oxygens (including phenoxy) is 2. The monoisotopic (exact) mass is 796 g/mol. The van der Waals surface area contributed by atoms with Crippen molar-refractivity contribution >= 4 is 23.7 Å². The van der Waals surface area contributed by atoms with E-state index in [-0.39, 0.29) is 48.5 Å². The predicted octanol–water partition coefficient (Wildman–Crippen LogP) is 5.93. The number of carbonyl (C=O) groups excluding carboxylic acids is 3. The zero-order valence-corrected chi connectivity index (χ0v) is 34.7. The van der Waals surface area contributed by atoms with Crippen LogP contribution in [-0.4, -0.2) is 88.1 Å². The van der Waals surface area contributed by atoms with Crippen LogP contribution in [0.15, 0.2) is 78.0 Å². The lowest BCUT2D eigenvalue weighted by Crippen LogP contribution is -2.47. The Labute approximate surface area is 337 Å². The van der Waals surface area contributed by atoms with E-state index in [4.69, 9.17) is 15.0 Å². The Balaban J connectivity index is 1.93. The Bertz CT molecular complexity index is 1610. The Morgan fingerprint density at radius 2 is 1.70 bits per heavy atom. The highest BCUT2D eigenvalue weighted by atomic mass is 16.6. The van der Waals surface area contributed by atoms with Crippen LogP contribution in [0, 0.1) is 47.0 Å². The number of rotatable bonds is 22. The average molecular weight is 797 g/mol. The van der Waals surface area contributed by atoms with Crippen LogP contribution in [0.1, 0.15) is 85.0 Å². The van der Waals surface area contributed by atoms with Gasteiger partial charge in [-0.2, -0.15) is 0 Å². The molecule has 1 aromatic carbocycles. The van der Waals surface area contributed by atoms with Gasteiger partial charge in [0.15, 0.2) is 10.8 Å². The van der Waals surface area contributed by atoms with Gasteiger partial charge in [0.25, 0.3) is 5.91 Å². The van der Waals surface area contributed by atoms with Crippen LogP contribution in [-0.2, 0) is 14.3 Å². The fraction of sp³-hybridized carbons (Fsp3) is 0.605. The molecule has 1 aliphatic rings. The van der Waals surface area contributed by atoms with Gasteiger partial charge in [0.1, 0.15) is 17.7 Å². The highest BCUT2D eigenvalue weighted by Crippen LogP contribution is 2.31. The molecule has 0 spiro atoms. The van der Waals surface area contributed by atoms with Gasteiger partial charge in [0, 0.05) is 54.7 Å². The van der Waals surface area contributed by atoms with E-state index in [0.717, 1.165) is 5.57 Å². The molecule has 0 saturated carbocycles. The van der Waals surface area contributed by atoms with Crippen LogP contribution in [0.25, 0.3) is 0 Å². The number of carbonyl (C=O) groups is 3.